The van der Waals surface area contributed by atoms with Gasteiger partial charge in [0, 0.05) is 15.7 Å². The number of nitrogens with one attached hydrogen (secondary N) is 1. The number of nitrogens with two attached hydrogens (primary N) is 1. The molecule has 100 valence electrons. The van der Waals surface area contributed by atoms with Gasteiger partial charge in [0.2, 0.25) is 0 Å². The molecule has 3 N–H and O–H groups in total. The lowest BCUT2D eigenvalue weighted by atomic mass is 10.2. The summed E-state index contributed by atoms with van der Waals surface area (Å²) in [5, 5.41) is 3.37. The highest BCUT2D eigenvalue weighted by Crippen LogP contribution is 2.29. The predicted octanol–water partition coefficient (Wildman–Crippen LogP) is 4.44. The minimum absolute atomic E-state index is 0.392. The Kier molecular flexibility index (Phi) is 3.69. The largest absolute Gasteiger partial charge is 0.389 e. The molecular formula is C14H10BrN3S2. The van der Waals surface area contributed by atoms with Crippen molar-refractivity contribution in [1.82, 2.24) is 4.98 Å². The molecule has 0 atom stereocenters. The molecule has 0 aliphatic rings. The van der Waals surface area contributed by atoms with Crippen molar-refractivity contribution in [3.05, 3.63) is 51.9 Å². The van der Waals surface area contributed by atoms with Gasteiger partial charge in [-0.3, -0.25) is 0 Å². The number of fused-ring (bicyclic) bond motifs is 1. The fourth-order valence-electron chi connectivity index (χ4n) is 1.86. The van der Waals surface area contributed by atoms with Crippen LogP contribution in [0.3, 0.4) is 0 Å². The van der Waals surface area contributed by atoms with E-state index in [1.807, 2.05) is 35.8 Å². The Morgan fingerprint density at radius 2 is 2.10 bits per heavy atom. The van der Waals surface area contributed by atoms with Crippen molar-refractivity contribution in [2.75, 3.05) is 5.32 Å². The van der Waals surface area contributed by atoms with Crippen LogP contribution in [0.1, 0.15) is 5.56 Å². The molecule has 0 saturated carbocycles. The smallest absolute Gasteiger partial charge is 0.104 e. The van der Waals surface area contributed by atoms with Gasteiger partial charge in [-0.2, -0.15) is 0 Å². The molecule has 1 heterocycles. The molecule has 0 amide bonds. The molecule has 1 aromatic heterocycles. The second-order valence-electron chi connectivity index (χ2n) is 4.22. The zero-order valence-corrected chi connectivity index (χ0v) is 13.5. The molecule has 2 aromatic carbocycles. The summed E-state index contributed by atoms with van der Waals surface area (Å²) in [6.07, 6.45) is 0. The van der Waals surface area contributed by atoms with Gasteiger partial charge >= 0.3 is 0 Å². The lowest BCUT2D eigenvalue weighted by molar-refractivity contribution is 1.49. The molecular weight excluding hydrogens is 354 g/mol. The zero-order valence-electron chi connectivity index (χ0n) is 10.3. The second-order valence-corrected chi connectivity index (χ2v) is 6.40. The number of thiocarbonyl (C=S) groups is 1. The van der Waals surface area contributed by atoms with Gasteiger partial charge in [-0.05, 0) is 52.3 Å². The summed E-state index contributed by atoms with van der Waals surface area (Å²) in [7, 11) is 0. The third-order valence-electron chi connectivity index (χ3n) is 2.86. The SMILES string of the molecule is NC(=S)c1ccc(Nc2ccc3ncsc3c2)c(Br)c1. The van der Waals surface area contributed by atoms with Gasteiger partial charge in [-0.25, -0.2) is 4.98 Å². The third kappa shape index (κ3) is 2.67. The Bertz CT molecular complexity index is 798. The monoisotopic (exact) mass is 363 g/mol. The molecule has 0 unspecified atom stereocenters. The van der Waals surface area contributed by atoms with Crippen molar-refractivity contribution in [3.63, 3.8) is 0 Å². The first-order chi connectivity index (χ1) is 9.63. The summed E-state index contributed by atoms with van der Waals surface area (Å²) in [4.78, 5) is 4.66. The van der Waals surface area contributed by atoms with Crippen molar-refractivity contribution >= 4 is 66.1 Å². The number of aromatic nitrogens is 1. The summed E-state index contributed by atoms with van der Waals surface area (Å²) in [5.74, 6) is 0. The molecule has 0 fully saturated rings. The summed E-state index contributed by atoms with van der Waals surface area (Å²) >= 11 is 10.1. The van der Waals surface area contributed by atoms with Crippen LogP contribution in [-0.4, -0.2) is 9.97 Å². The highest BCUT2D eigenvalue weighted by atomic mass is 79.9. The molecule has 3 nitrogen and oxygen atoms in total. The van der Waals surface area contributed by atoms with Crippen LogP contribution in [0.15, 0.2) is 46.4 Å². The molecule has 0 radical (unpaired) electrons. The van der Waals surface area contributed by atoms with Crippen LogP contribution in [0, 0.1) is 0 Å². The lowest BCUT2D eigenvalue weighted by Crippen LogP contribution is -2.09. The molecule has 0 aliphatic carbocycles. The standard InChI is InChI=1S/C14H10BrN3S2/c15-10-5-8(14(16)19)1-3-11(10)18-9-2-4-12-13(6-9)20-7-17-12/h1-7,18H,(H2,16,19). The van der Waals surface area contributed by atoms with Crippen LogP contribution in [0.2, 0.25) is 0 Å². The number of nitrogens with zero attached hydrogens (tertiary/aromatic N) is 1. The highest BCUT2D eigenvalue weighted by Gasteiger charge is 2.05. The fraction of sp³-hybridized carbons (Fsp3) is 0. The minimum atomic E-state index is 0.392. The van der Waals surface area contributed by atoms with E-state index in [-0.39, 0.29) is 0 Å². The number of thiazole rings is 1. The van der Waals surface area contributed by atoms with E-state index in [0.717, 1.165) is 31.6 Å². The van der Waals surface area contributed by atoms with Gasteiger partial charge < -0.3 is 11.1 Å². The van der Waals surface area contributed by atoms with Crippen LogP contribution >= 0.6 is 39.5 Å². The van der Waals surface area contributed by atoms with Crippen LogP contribution in [-0.2, 0) is 0 Å². The van der Waals surface area contributed by atoms with E-state index in [1.165, 1.54) is 0 Å². The average Bonchev–Trinajstić information content (AvgIpc) is 2.88. The molecule has 6 heteroatoms. The Morgan fingerprint density at radius 3 is 2.85 bits per heavy atom. The number of anilines is 2. The molecule has 20 heavy (non-hydrogen) atoms. The van der Waals surface area contributed by atoms with Crippen molar-refractivity contribution in [2.45, 2.75) is 0 Å². The molecule has 3 aromatic rings. The summed E-state index contributed by atoms with van der Waals surface area (Å²) in [6, 6.07) is 11.9. The minimum Gasteiger partial charge on any atom is -0.389 e. The van der Waals surface area contributed by atoms with E-state index < -0.39 is 0 Å². The van der Waals surface area contributed by atoms with Crippen molar-refractivity contribution in [3.8, 4) is 0 Å². The van der Waals surface area contributed by atoms with Gasteiger partial charge in [0.05, 0.1) is 21.4 Å². The van der Waals surface area contributed by atoms with E-state index in [1.54, 1.807) is 11.3 Å². The highest BCUT2D eigenvalue weighted by molar-refractivity contribution is 9.10. The zero-order chi connectivity index (χ0) is 14.1. The van der Waals surface area contributed by atoms with Crippen LogP contribution in [0.25, 0.3) is 10.2 Å². The van der Waals surface area contributed by atoms with Gasteiger partial charge in [0.25, 0.3) is 0 Å². The number of halogens is 1. The normalized spacial score (nSPS) is 10.7. The molecule has 0 saturated heterocycles. The van der Waals surface area contributed by atoms with Gasteiger partial charge in [-0.15, -0.1) is 11.3 Å². The summed E-state index contributed by atoms with van der Waals surface area (Å²) in [5.41, 5.74) is 11.3. The third-order valence-corrected chi connectivity index (χ3v) is 4.55. The number of hydrogen-bond acceptors (Lipinski definition) is 4. The van der Waals surface area contributed by atoms with Gasteiger partial charge in [-0.1, -0.05) is 12.2 Å². The maximum Gasteiger partial charge on any atom is 0.104 e. The number of hydrogen-bond donors (Lipinski definition) is 2. The van der Waals surface area contributed by atoms with E-state index in [2.05, 4.69) is 32.3 Å². The van der Waals surface area contributed by atoms with E-state index >= 15 is 0 Å². The van der Waals surface area contributed by atoms with Gasteiger partial charge in [0.1, 0.15) is 4.99 Å². The van der Waals surface area contributed by atoms with Crippen molar-refractivity contribution < 1.29 is 0 Å². The first-order valence-electron chi connectivity index (χ1n) is 5.83. The lowest BCUT2D eigenvalue weighted by Gasteiger charge is -2.10. The molecule has 0 spiro atoms. The first kappa shape index (κ1) is 13.5. The summed E-state index contributed by atoms with van der Waals surface area (Å²) in [6.45, 7) is 0. The maximum atomic E-state index is 5.62. The molecule has 3 rings (SSSR count). The molecule has 0 bridgehead atoms. The quantitative estimate of drug-likeness (QED) is 0.675. The van der Waals surface area contributed by atoms with Crippen LogP contribution in [0.4, 0.5) is 11.4 Å². The Hall–Kier alpha value is -1.50. The molecule has 0 aliphatic heterocycles. The Morgan fingerprint density at radius 1 is 1.25 bits per heavy atom. The Labute approximate surface area is 134 Å². The predicted molar refractivity (Wildman–Crippen MR) is 92.9 cm³/mol. The topological polar surface area (TPSA) is 50.9 Å². The van der Waals surface area contributed by atoms with Gasteiger partial charge in [0.15, 0.2) is 0 Å². The summed E-state index contributed by atoms with van der Waals surface area (Å²) < 4.78 is 2.08. The van der Waals surface area contributed by atoms with E-state index in [4.69, 9.17) is 18.0 Å². The van der Waals surface area contributed by atoms with E-state index in [0.29, 0.717) is 4.99 Å². The fourth-order valence-corrected chi connectivity index (χ4v) is 3.18. The second kappa shape index (κ2) is 5.47. The first-order valence-corrected chi connectivity index (χ1v) is 7.91. The average molecular weight is 364 g/mol. The Balaban J connectivity index is 1.92. The number of benzene rings is 2. The van der Waals surface area contributed by atoms with Crippen molar-refractivity contribution in [2.24, 2.45) is 5.73 Å². The number of rotatable bonds is 3. The van der Waals surface area contributed by atoms with Crippen LogP contribution in [0.5, 0.6) is 0 Å². The van der Waals surface area contributed by atoms with Crippen molar-refractivity contribution in [1.29, 1.82) is 0 Å². The van der Waals surface area contributed by atoms with Crippen LogP contribution < -0.4 is 11.1 Å². The maximum absolute atomic E-state index is 5.62. The van der Waals surface area contributed by atoms with E-state index in [9.17, 15) is 0 Å².